The van der Waals surface area contributed by atoms with Gasteiger partial charge in [-0.05, 0) is 30.5 Å². The van der Waals surface area contributed by atoms with Crippen molar-refractivity contribution < 1.29 is 13.5 Å². The number of nitrogens with zero attached hydrogens (tertiary/aromatic N) is 1. The lowest BCUT2D eigenvalue weighted by Gasteiger charge is -2.24. The zero-order valence-electron chi connectivity index (χ0n) is 13.0. The second-order valence-electron chi connectivity index (χ2n) is 5.54. The summed E-state index contributed by atoms with van der Waals surface area (Å²) in [5.74, 6) is 0. The Hall–Kier alpha value is -0.990. The second kappa shape index (κ2) is 8.03. The molecule has 2 rings (SSSR count). The van der Waals surface area contributed by atoms with Crippen molar-refractivity contribution in [2.75, 3.05) is 19.7 Å². The van der Waals surface area contributed by atoms with Crippen LogP contribution in [0.3, 0.4) is 0 Å². The maximum absolute atomic E-state index is 11.7. The van der Waals surface area contributed by atoms with Crippen LogP contribution in [0.5, 0.6) is 0 Å². The first kappa shape index (κ1) is 17.4. The molecule has 0 aliphatic carbocycles. The van der Waals surface area contributed by atoms with E-state index in [0.717, 1.165) is 37.1 Å². The zero-order chi connectivity index (χ0) is 16.0. The largest absolute Gasteiger partial charge is 0.395 e. The van der Waals surface area contributed by atoms with Crippen molar-refractivity contribution in [3.05, 3.63) is 35.4 Å². The minimum Gasteiger partial charge on any atom is -0.395 e. The number of rotatable bonds is 8. The van der Waals surface area contributed by atoms with Crippen molar-refractivity contribution in [1.29, 1.82) is 0 Å². The molecular formula is C15H25N3O3S. The molecule has 0 radical (unpaired) electrons. The minimum absolute atomic E-state index is 0.176. The monoisotopic (exact) mass is 327 g/mol. The number of likely N-dealkylation sites (tertiary alicyclic amines) is 1. The molecule has 1 atom stereocenters. The molecule has 1 aromatic rings. The van der Waals surface area contributed by atoms with E-state index in [9.17, 15) is 13.5 Å². The van der Waals surface area contributed by atoms with Gasteiger partial charge < -0.3 is 5.11 Å². The maximum atomic E-state index is 11.7. The molecule has 124 valence electrons. The molecule has 1 fully saturated rings. The van der Waals surface area contributed by atoms with Gasteiger partial charge in [-0.1, -0.05) is 31.2 Å². The van der Waals surface area contributed by atoms with Crippen molar-refractivity contribution in [3.63, 3.8) is 0 Å². The van der Waals surface area contributed by atoms with E-state index >= 15 is 0 Å². The van der Waals surface area contributed by atoms with E-state index in [2.05, 4.69) is 14.3 Å². The molecule has 7 heteroatoms. The summed E-state index contributed by atoms with van der Waals surface area (Å²) in [5.41, 5.74) is 2.06. The Morgan fingerprint density at radius 2 is 2.00 bits per heavy atom. The third-order valence-electron chi connectivity index (χ3n) is 3.99. The molecule has 1 aliphatic rings. The lowest BCUT2D eigenvalue weighted by atomic mass is 10.1. The first-order valence-electron chi connectivity index (χ1n) is 7.71. The molecule has 1 saturated heterocycles. The average molecular weight is 327 g/mol. The molecule has 1 aliphatic heterocycles. The van der Waals surface area contributed by atoms with Gasteiger partial charge in [0.05, 0.1) is 6.61 Å². The Labute approximate surface area is 132 Å². The quantitative estimate of drug-likeness (QED) is 0.653. The number of aliphatic hydroxyl groups excluding tert-OH is 1. The van der Waals surface area contributed by atoms with Crippen molar-refractivity contribution in [2.24, 2.45) is 0 Å². The van der Waals surface area contributed by atoms with Crippen LogP contribution in [-0.4, -0.2) is 44.2 Å². The van der Waals surface area contributed by atoms with Gasteiger partial charge in [-0.15, -0.1) is 0 Å². The van der Waals surface area contributed by atoms with Crippen LogP contribution in [0.25, 0.3) is 0 Å². The number of hydrogen-bond acceptors (Lipinski definition) is 4. The third kappa shape index (κ3) is 4.76. The topological polar surface area (TPSA) is 81.7 Å². The first-order chi connectivity index (χ1) is 10.6. The fourth-order valence-electron chi connectivity index (χ4n) is 2.83. The summed E-state index contributed by atoms with van der Waals surface area (Å²) >= 11 is 0. The van der Waals surface area contributed by atoms with Gasteiger partial charge in [0.25, 0.3) is 10.2 Å². The van der Waals surface area contributed by atoms with Gasteiger partial charge in [0.15, 0.2) is 0 Å². The summed E-state index contributed by atoms with van der Waals surface area (Å²) in [6, 6.07) is 8.04. The SMILES string of the molecule is CCNS(=O)(=O)NCc1ccccc1CN1CCCC1CO. The van der Waals surface area contributed by atoms with Crippen LogP contribution in [0.2, 0.25) is 0 Å². The Kier molecular flexibility index (Phi) is 6.34. The summed E-state index contributed by atoms with van der Waals surface area (Å²) < 4.78 is 28.4. The van der Waals surface area contributed by atoms with Crippen LogP contribution < -0.4 is 9.44 Å². The third-order valence-corrected chi connectivity index (χ3v) is 5.18. The van der Waals surface area contributed by atoms with Crippen LogP contribution in [0.15, 0.2) is 24.3 Å². The van der Waals surface area contributed by atoms with E-state index < -0.39 is 10.2 Å². The Morgan fingerprint density at radius 3 is 2.68 bits per heavy atom. The predicted molar refractivity (Wildman–Crippen MR) is 86.4 cm³/mol. The van der Waals surface area contributed by atoms with Gasteiger partial charge in [-0.25, -0.2) is 4.72 Å². The van der Waals surface area contributed by atoms with Gasteiger partial charge in [-0.2, -0.15) is 13.1 Å². The van der Waals surface area contributed by atoms with Gasteiger partial charge in [0, 0.05) is 25.7 Å². The molecule has 1 aromatic carbocycles. The lowest BCUT2D eigenvalue weighted by Crippen LogP contribution is -2.36. The summed E-state index contributed by atoms with van der Waals surface area (Å²) in [6.45, 7) is 4.27. The van der Waals surface area contributed by atoms with Crippen molar-refractivity contribution in [3.8, 4) is 0 Å². The van der Waals surface area contributed by atoms with Gasteiger partial charge >= 0.3 is 0 Å². The van der Waals surface area contributed by atoms with E-state index in [1.165, 1.54) is 0 Å². The first-order valence-corrected chi connectivity index (χ1v) is 9.20. The predicted octanol–water partition coefficient (Wildman–Crippen LogP) is 0.587. The molecule has 1 heterocycles. The van der Waals surface area contributed by atoms with Crippen molar-refractivity contribution >= 4 is 10.2 Å². The average Bonchev–Trinajstić information content (AvgIpc) is 2.93. The highest BCUT2D eigenvalue weighted by atomic mass is 32.2. The van der Waals surface area contributed by atoms with E-state index in [1.54, 1.807) is 6.92 Å². The van der Waals surface area contributed by atoms with Crippen LogP contribution in [-0.2, 0) is 23.3 Å². The molecule has 0 amide bonds. The van der Waals surface area contributed by atoms with Crippen LogP contribution in [0, 0.1) is 0 Å². The van der Waals surface area contributed by atoms with E-state index in [1.807, 2.05) is 24.3 Å². The minimum atomic E-state index is -3.44. The van der Waals surface area contributed by atoms with Gasteiger partial charge in [0.1, 0.15) is 0 Å². The highest BCUT2D eigenvalue weighted by Crippen LogP contribution is 2.21. The number of aliphatic hydroxyl groups is 1. The van der Waals surface area contributed by atoms with E-state index in [0.29, 0.717) is 6.54 Å². The standard InChI is InChI=1S/C15H25N3O3S/c1-2-16-22(20,21)17-10-13-6-3-4-7-14(13)11-18-9-5-8-15(18)12-19/h3-4,6-7,15-17,19H,2,5,8-12H2,1H3. The number of nitrogens with one attached hydrogen (secondary N) is 2. The Bertz CT molecular complexity index is 577. The smallest absolute Gasteiger partial charge is 0.277 e. The van der Waals surface area contributed by atoms with Crippen molar-refractivity contribution in [1.82, 2.24) is 14.3 Å². The Balaban J connectivity index is 2.04. The molecule has 1 unspecified atom stereocenters. The van der Waals surface area contributed by atoms with Crippen molar-refractivity contribution in [2.45, 2.75) is 38.9 Å². The van der Waals surface area contributed by atoms with Gasteiger partial charge in [-0.3, -0.25) is 4.90 Å². The van der Waals surface area contributed by atoms with E-state index in [-0.39, 0.29) is 19.2 Å². The number of benzene rings is 1. The number of hydrogen-bond donors (Lipinski definition) is 3. The van der Waals surface area contributed by atoms with Crippen LogP contribution >= 0.6 is 0 Å². The molecule has 0 bridgehead atoms. The maximum Gasteiger partial charge on any atom is 0.277 e. The van der Waals surface area contributed by atoms with Crippen LogP contribution in [0.1, 0.15) is 30.9 Å². The highest BCUT2D eigenvalue weighted by Gasteiger charge is 2.24. The fourth-order valence-corrected chi connectivity index (χ4v) is 3.65. The molecule has 0 aromatic heterocycles. The molecule has 6 nitrogen and oxygen atoms in total. The fraction of sp³-hybridized carbons (Fsp3) is 0.600. The molecule has 0 saturated carbocycles. The molecular weight excluding hydrogens is 302 g/mol. The Morgan fingerprint density at radius 1 is 1.27 bits per heavy atom. The van der Waals surface area contributed by atoms with Crippen LogP contribution in [0.4, 0.5) is 0 Å². The summed E-state index contributed by atoms with van der Waals surface area (Å²) in [4.78, 5) is 2.26. The normalized spacial score (nSPS) is 19.6. The molecule has 22 heavy (non-hydrogen) atoms. The second-order valence-corrected chi connectivity index (χ2v) is 7.12. The molecule has 0 spiro atoms. The molecule has 3 N–H and O–H groups in total. The lowest BCUT2D eigenvalue weighted by molar-refractivity contribution is 0.153. The summed E-state index contributed by atoms with van der Waals surface area (Å²) in [5, 5.41) is 9.41. The summed E-state index contributed by atoms with van der Waals surface area (Å²) in [7, 11) is -3.44. The van der Waals surface area contributed by atoms with Gasteiger partial charge in [0.2, 0.25) is 0 Å². The van der Waals surface area contributed by atoms with E-state index in [4.69, 9.17) is 0 Å². The highest BCUT2D eigenvalue weighted by molar-refractivity contribution is 7.87. The summed E-state index contributed by atoms with van der Waals surface area (Å²) in [6.07, 6.45) is 2.12. The zero-order valence-corrected chi connectivity index (χ0v) is 13.8.